The fraction of sp³-hybridized carbons (Fsp3) is 0.257. The second-order valence-electron chi connectivity index (χ2n) is 11.0. The predicted octanol–water partition coefficient (Wildman–Crippen LogP) is 7.71. The molecule has 4 aromatic carbocycles. The van der Waals surface area contributed by atoms with Crippen LogP contribution in [-0.4, -0.2) is 43.8 Å². The van der Waals surface area contributed by atoms with Crippen molar-refractivity contribution in [3.8, 4) is 0 Å². The highest BCUT2D eigenvalue weighted by Gasteiger charge is 2.35. The number of carbonyl (C=O) groups is 2. The van der Waals surface area contributed by atoms with Crippen LogP contribution in [-0.2, 0) is 32.6 Å². The van der Waals surface area contributed by atoms with E-state index in [2.05, 4.69) is 5.32 Å². The van der Waals surface area contributed by atoms with Crippen molar-refractivity contribution >= 4 is 62.3 Å². The van der Waals surface area contributed by atoms with Gasteiger partial charge in [-0.2, -0.15) is 0 Å². The summed E-state index contributed by atoms with van der Waals surface area (Å²) >= 11 is 18.6. The number of para-hydroxylation sites is 1. The number of hydrogen-bond acceptors (Lipinski definition) is 4. The molecule has 0 radical (unpaired) electrons. The molecule has 0 aliphatic carbocycles. The van der Waals surface area contributed by atoms with Crippen molar-refractivity contribution in [1.82, 2.24) is 10.2 Å². The van der Waals surface area contributed by atoms with Gasteiger partial charge in [0.15, 0.2) is 0 Å². The highest BCUT2D eigenvalue weighted by atomic mass is 35.5. The number of rotatable bonds is 13. The Balaban J connectivity index is 1.83. The van der Waals surface area contributed by atoms with Crippen molar-refractivity contribution in [2.75, 3.05) is 10.8 Å². The second kappa shape index (κ2) is 15.8. The third kappa shape index (κ3) is 8.82. The number of carbonyl (C=O) groups excluding carboxylic acids is 2. The van der Waals surface area contributed by atoms with Crippen LogP contribution >= 0.6 is 34.8 Å². The van der Waals surface area contributed by atoms with Crippen LogP contribution in [0.3, 0.4) is 0 Å². The zero-order valence-electron chi connectivity index (χ0n) is 25.8. The standard InChI is InChI=1S/C35H36Cl3N3O4S/c1-4-25(3)39-35(43)33(21-26-11-6-5-7-12-26)40(22-27-14-19-30(37)31(38)20-27)34(42)23-41(32-13-9-8-10-24(32)2)46(44,45)29-17-15-28(36)16-18-29/h5-20,25,33H,4,21-23H2,1-3H3,(H,39,43)/t25-,33+/m1/s1. The molecule has 46 heavy (non-hydrogen) atoms. The van der Waals surface area contributed by atoms with Crippen LogP contribution in [0.15, 0.2) is 102 Å². The first kappa shape index (κ1) is 35.3. The molecule has 0 aliphatic rings. The van der Waals surface area contributed by atoms with E-state index in [-0.39, 0.29) is 29.8 Å². The molecule has 242 valence electrons. The lowest BCUT2D eigenvalue weighted by molar-refractivity contribution is -0.140. The monoisotopic (exact) mass is 699 g/mol. The molecule has 0 bridgehead atoms. The average molecular weight is 701 g/mol. The Morgan fingerprint density at radius 1 is 0.826 bits per heavy atom. The van der Waals surface area contributed by atoms with Gasteiger partial charge in [-0.15, -0.1) is 0 Å². The fourth-order valence-electron chi connectivity index (χ4n) is 4.92. The van der Waals surface area contributed by atoms with Gasteiger partial charge in [0, 0.05) is 24.0 Å². The molecule has 4 aromatic rings. The lowest BCUT2D eigenvalue weighted by atomic mass is 10.0. The van der Waals surface area contributed by atoms with E-state index in [9.17, 15) is 18.0 Å². The summed E-state index contributed by atoms with van der Waals surface area (Å²) in [5, 5.41) is 4.04. The summed E-state index contributed by atoms with van der Waals surface area (Å²) in [6.07, 6.45) is 0.884. The molecule has 0 spiro atoms. The minimum atomic E-state index is -4.25. The van der Waals surface area contributed by atoms with E-state index in [0.717, 1.165) is 9.87 Å². The zero-order valence-corrected chi connectivity index (χ0v) is 28.9. The third-order valence-corrected chi connectivity index (χ3v) is 10.4. The van der Waals surface area contributed by atoms with E-state index < -0.39 is 28.5 Å². The van der Waals surface area contributed by atoms with Gasteiger partial charge in [-0.25, -0.2) is 8.42 Å². The number of hydrogen-bond donors (Lipinski definition) is 1. The van der Waals surface area contributed by atoms with E-state index in [1.54, 1.807) is 49.4 Å². The molecule has 0 heterocycles. The second-order valence-corrected chi connectivity index (χ2v) is 14.2. The number of halogens is 3. The summed E-state index contributed by atoms with van der Waals surface area (Å²) in [5.74, 6) is -0.929. The number of amides is 2. The molecule has 7 nitrogen and oxygen atoms in total. The highest BCUT2D eigenvalue weighted by Crippen LogP contribution is 2.29. The maximum absolute atomic E-state index is 14.6. The first-order valence-electron chi connectivity index (χ1n) is 14.8. The highest BCUT2D eigenvalue weighted by molar-refractivity contribution is 7.92. The summed E-state index contributed by atoms with van der Waals surface area (Å²) in [6.45, 7) is 5.02. The Morgan fingerprint density at radius 2 is 1.48 bits per heavy atom. The molecule has 0 saturated heterocycles. The lowest BCUT2D eigenvalue weighted by Gasteiger charge is -2.34. The van der Waals surface area contributed by atoms with Gasteiger partial charge in [0.25, 0.3) is 10.0 Å². The molecule has 0 aliphatic heterocycles. The number of sulfonamides is 1. The SMILES string of the molecule is CC[C@@H](C)NC(=O)[C@H](Cc1ccccc1)N(Cc1ccc(Cl)c(Cl)c1)C(=O)CN(c1ccccc1C)S(=O)(=O)c1ccc(Cl)cc1. The Labute approximate surface area is 286 Å². The predicted molar refractivity (Wildman–Crippen MR) is 186 cm³/mol. The minimum Gasteiger partial charge on any atom is -0.352 e. The van der Waals surface area contributed by atoms with Gasteiger partial charge in [-0.3, -0.25) is 13.9 Å². The summed E-state index contributed by atoms with van der Waals surface area (Å²) in [7, 11) is -4.25. The van der Waals surface area contributed by atoms with Crippen molar-refractivity contribution in [1.29, 1.82) is 0 Å². The van der Waals surface area contributed by atoms with Gasteiger partial charge < -0.3 is 10.2 Å². The van der Waals surface area contributed by atoms with Crippen molar-refractivity contribution in [3.63, 3.8) is 0 Å². The summed E-state index contributed by atoms with van der Waals surface area (Å²) in [5.41, 5.74) is 2.45. The van der Waals surface area contributed by atoms with E-state index in [1.807, 2.05) is 44.2 Å². The van der Waals surface area contributed by atoms with Crippen LogP contribution in [0.25, 0.3) is 0 Å². The summed E-state index contributed by atoms with van der Waals surface area (Å²) in [6, 6.07) is 25.9. The first-order valence-corrected chi connectivity index (χ1v) is 17.4. The quantitative estimate of drug-likeness (QED) is 0.155. The van der Waals surface area contributed by atoms with E-state index >= 15 is 0 Å². The maximum Gasteiger partial charge on any atom is 0.264 e. The molecular formula is C35H36Cl3N3O4S. The molecular weight excluding hydrogens is 665 g/mol. The van der Waals surface area contributed by atoms with Crippen LogP contribution in [0, 0.1) is 6.92 Å². The Kier molecular flexibility index (Phi) is 12.1. The fourth-order valence-corrected chi connectivity index (χ4v) is 6.85. The Bertz CT molecular complexity index is 1770. The van der Waals surface area contributed by atoms with Crippen molar-refractivity contribution in [3.05, 3.63) is 129 Å². The molecule has 2 atom stereocenters. The Hall–Kier alpha value is -3.56. The van der Waals surface area contributed by atoms with Crippen LogP contribution in [0.2, 0.25) is 15.1 Å². The van der Waals surface area contributed by atoms with Gasteiger partial charge in [0.1, 0.15) is 12.6 Å². The summed E-state index contributed by atoms with van der Waals surface area (Å²) < 4.78 is 29.4. The Morgan fingerprint density at radius 3 is 2.11 bits per heavy atom. The number of nitrogens with one attached hydrogen (secondary N) is 1. The van der Waals surface area contributed by atoms with Crippen molar-refractivity contribution < 1.29 is 18.0 Å². The molecule has 1 N–H and O–H groups in total. The zero-order chi connectivity index (χ0) is 33.4. The third-order valence-electron chi connectivity index (χ3n) is 7.67. The van der Waals surface area contributed by atoms with Crippen LogP contribution in [0.5, 0.6) is 0 Å². The van der Waals surface area contributed by atoms with E-state index in [1.165, 1.54) is 29.2 Å². The largest absolute Gasteiger partial charge is 0.352 e. The molecule has 4 rings (SSSR count). The number of nitrogens with zero attached hydrogens (tertiary/aromatic N) is 2. The molecule has 0 aromatic heterocycles. The number of benzene rings is 4. The normalized spacial score (nSPS) is 12.7. The number of anilines is 1. The molecule has 2 amide bonds. The van der Waals surface area contributed by atoms with Crippen molar-refractivity contribution in [2.24, 2.45) is 0 Å². The van der Waals surface area contributed by atoms with E-state index in [4.69, 9.17) is 34.8 Å². The summed E-state index contributed by atoms with van der Waals surface area (Å²) in [4.78, 5) is 29.9. The van der Waals surface area contributed by atoms with E-state index in [0.29, 0.717) is 38.3 Å². The molecule has 11 heteroatoms. The maximum atomic E-state index is 14.6. The van der Waals surface area contributed by atoms with Crippen LogP contribution < -0.4 is 9.62 Å². The van der Waals surface area contributed by atoms with Gasteiger partial charge >= 0.3 is 0 Å². The van der Waals surface area contributed by atoms with Gasteiger partial charge in [-0.05, 0) is 79.4 Å². The topological polar surface area (TPSA) is 86.8 Å². The number of aryl methyl sites for hydroxylation is 1. The molecule has 0 unspecified atom stereocenters. The van der Waals surface area contributed by atoms with Gasteiger partial charge in [-0.1, -0.05) is 96.3 Å². The smallest absolute Gasteiger partial charge is 0.264 e. The first-order chi connectivity index (χ1) is 21.9. The molecule has 0 saturated carbocycles. The minimum absolute atomic E-state index is 0.0241. The lowest BCUT2D eigenvalue weighted by Crippen LogP contribution is -2.54. The average Bonchev–Trinajstić information content (AvgIpc) is 3.04. The van der Waals surface area contributed by atoms with Crippen LogP contribution in [0.1, 0.15) is 37.0 Å². The molecule has 0 fully saturated rings. The van der Waals surface area contributed by atoms with Crippen LogP contribution in [0.4, 0.5) is 5.69 Å². The van der Waals surface area contributed by atoms with Gasteiger partial charge in [0.05, 0.1) is 20.6 Å². The van der Waals surface area contributed by atoms with Crippen molar-refractivity contribution in [2.45, 2.75) is 57.1 Å². The van der Waals surface area contributed by atoms with Gasteiger partial charge in [0.2, 0.25) is 11.8 Å².